The van der Waals surface area contributed by atoms with Gasteiger partial charge in [-0.1, -0.05) is 42.5 Å². The number of Topliss-reactive ketones (excluding diaryl/α,β-unsaturated/α-hetero) is 1. The minimum absolute atomic E-state index is 0.0946. The molecule has 1 aliphatic heterocycles. The number of nitrogens with zero attached hydrogens (tertiary/aromatic N) is 4. The fraction of sp³-hybridized carbons (Fsp3) is 0.421. The van der Waals surface area contributed by atoms with Gasteiger partial charge in [0.05, 0.1) is 10.9 Å². The Kier molecular flexibility index (Phi) is 4.50. The maximum absolute atomic E-state index is 11.7. The lowest BCUT2D eigenvalue weighted by molar-refractivity contribution is -0.121. The van der Waals surface area contributed by atoms with Gasteiger partial charge in [0.1, 0.15) is 5.78 Å². The second kappa shape index (κ2) is 6.81. The van der Waals surface area contributed by atoms with Crippen molar-refractivity contribution >= 4 is 22.1 Å². The van der Waals surface area contributed by atoms with Crippen molar-refractivity contribution < 1.29 is 9.90 Å². The molecule has 3 heterocycles. The van der Waals surface area contributed by atoms with Crippen LogP contribution >= 0.6 is 11.3 Å². The molecule has 136 valence electrons. The summed E-state index contributed by atoms with van der Waals surface area (Å²) in [7, 11) is 0. The maximum Gasteiger partial charge on any atom is 0.230 e. The van der Waals surface area contributed by atoms with Crippen LogP contribution in [-0.4, -0.2) is 43.5 Å². The van der Waals surface area contributed by atoms with Crippen LogP contribution in [-0.2, 0) is 11.2 Å². The molecule has 7 heteroatoms. The Hall–Kier alpha value is -2.25. The monoisotopic (exact) mass is 370 g/mol. The van der Waals surface area contributed by atoms with Gasteiger partial charge in [0.15, 0.2) is 5.82 Å². The average molecular weight is 370 g/mol. The van der Waals surface area contributed by atoms with E-state index in [0.29, 0.717) is 36.7 Å². The van der Waals surface area contributed by atoms with Crippen molar-refractivity contribution in [3.63, 3.8) is 0 Å². The van der Waals surface area contributed by atoms with Crippen LogP contribution in [0.2, 0.25) is 0 Å². The zero-order chi connectivity index (χ0) is 18.3. The second-order valence-corrected chi connectivity index (χ2v) is 7.71. The zero-order valence-electron chi connectivity index (χ0n) is 15.0. The number of rotatable bonds is 4. The van der Waals surface area contributed by atoms with Crippen molar-refractivity contribution in [1.29, 1.82) is 0 Å². The normalized spacial score (nSPS) is 17.1. The molecule has 0 spiro atoms. The van der Waals surface area contributed by atoms with Gasteiger partial charge in [0.25, 0.3) is 0 Å². The number of hydrogen-bond acceptors (Lipinski definition) is 6. The number of aromatic hydroxyl groups is 1. The Labute approximate surface area is 156 Å². The van der Waals surface area contributed by atoms with Crippen LogP contribution in [0.1, 0.15) is 47.6 Å². The van der Waals surface area contributed by atoms with Gasteiger partial charge in [-0.05, 0) is 18.1 Å². The third-order valence-corrected chi connectivity index (χ3v) is 6.08. The average Bonchev–Trinajstić information content (AvgIpc) is 3.18. The number of piperidine rings is 1. The molecule has 1 unspecified atom stereocenters. The molecule has 6 nitrogen and oxygen atoms in total. The van der Waals surface area contributed by atoms with Crippen LogP contribution in [0.25, 0.3) is 4.96 Å². The molecule has 1 atom stereocenters. The van der Waals surface area contributed by atoms with E-state index in [1.54, 1.807) is 4.52 Å². The van der Waals surface area contributed by atoms with E-state index < -0.39 is 0 Å². The van der Waals surface area contributed by atoms with Crippen LogP contribution < -0.4 is 0 Å². The Morgan fingerprint density at radius 1 is 1.27 bits per heavy atom. The molecule has 1 saturated heterocycles. The van der Waals surface area contributed by atoms with Crippen molar-refractivity contribution in [2.24, 2.45) is 0 Å². The van der Waals surface area contributed by atoms with Crippen molar-refractivity contribution in [2.45, 2.75) is 39.2 Å². The van der Waals surface area contributed by atoms with Gasteiger partial charge < -0.3 is 5.11 Å². The van der Waals surface area contributed by atoms with E-state index in [0.717, 1.165) is 22.7 Å². The van der Waals surface area contributed by atoms with Gasteiger partial charge >= 0.3 is 0 Å². The first-order chi connectivity index (χ1) is 12.6. The largest absolute Gasteiger partial charge is 0.492 e. The number of likely N-dealkylation sites (tertiary alicyclic amines) is 1. The van der Waals surface area contributed by atoms with Crippen molar-refractivity contribution in [2.75, 3.05) is 13.1 Å². The first-order valence-corrected chi connectivity index (χ1v) is 9.78. The number of carbonyl (C=O) groups is 1. The number of aryl methyl sites for hydroxylation is 2. The molecule has 1 N–H and O–H groups in total. The minimum atomic E-state index is -0.0946. The van der Waals surface area contributed by atoms with Gasteiger partial charge in [-0.2, -0.15) is 4.52 Å². The summed E-state index contributed by atoms with van der Waals surface area (Å²) in [5.74, 6) is 1.20. The van der Waals surface area contributed by atoms with Gasteiger partial charge in [-0.25, -0.2) is 4.98 Å². The van der Waals surface area contributed by atoms with Crippen molar-refractivity contribution in [1.82, 2.24) is 19.5 Å². The quantitative estimate of drug-likeness (QED) is 0.764. The van der Waals surface area contributed by atoms with Crippen molar-refractivity contribution in [3.05, 3.63) is 46.1 Å². The van der Waals surface area contributed by atoms with Gasteiger partial charge in [-0.3, -0.25) is 9.69 Å². The lowest BCUT2D eigenvalue weighted by Gasteiger charge is -2.34. The summed E-state index contributed by atoms with van der Waals surface area (Å²) >= 11 is 1.48. The second-order valence-electron chi connectivity index (χ2n) is 6.70. The smallest absolute Gasteiger partial charge is 0.230 e. The molecular formula is C19H22N4O2S. The van der Waals surface area contributed by atoms with E-state index in [-0.39, 0.29) is 11.9 Å². The lowest BCUT2D eigenvalue weighted by atomic mass is 9.96. The maximum atomic E-state index is 11.7. The molecule has 1 aromatic carbocycles. The number of benzene rings is 1. The third kappa shape index (κ3) is 2.91. The van der Waals surface area contributed by atoms with Crippen LogP contribution in [0.15, 0.2) is 24.3 Å². The Morgan fingerprint density at radius 3 is 2.65 bits per heavy atom. The first-order valence-electron chi connectivity index (χ1n) is 8.97. The zero-order valence-corrected chi connectivity index (χ0v) is 15.8. The van der Waals surface area contributed by atoms with E-state index >= 15 is 0 Å². The number of aromatic nitrogens is 3. The molecule has 2 aromatic heterocycles. The summed E-state index contributed by atoms with van der Waals surface area (Å²) in [6.07, 6.45) is 1.85. The Morgan fingerprint density at radius 2 is 2.00 bits per heavy atom. The molecule has 0 bridgehead atoms. The molecule has 0 radical (unpaired) electrons. The highest BCUT2D eigenvalue weighted by atomic mass is 32.1. The predicted octanol–water partition coefficient (Wildman–Crippen LogP) is 3.12. The van der Waals surface area contributed by atoms with E-state index in [1.807, 2.05) is 19.1 Å². The SMILES string of the molecule is CCc1nc2sc(C(c3ccccc3C)N3CCC(=O)CC3)c(O)n2n1. The minimum Gasteiger partial charge on any atom is -0.492 e. The summed E-state index contributed by atoms with van der Waals surface area (Å²) in [5, 5.41) is 15.3. The molecule has 26 heavy (non-hydrogen) atoms. The Bertz CT molecular complexity index is 952. The summed E-state index contributed by atoms with van der Waals surface area (Å²) in [6.45, 7) is 5.48. The van der Waals surface area contributed by atoms with Gasteiger partial charge in [-0.15, -0.1) is 5.10 Å². The highest BCUT2D eigenvalue weighted by Gasteiger charge is 2.32. The predicted molar refractivity (Wildman–Crippen MR) is 101 cm³/mol. The van der Waals surface area contributed by atoms with E-state index in [1.165, 1.54) is 16.9 Å². The number of ketones is 1. The molecule has 3 aromatic rings. The number of carbonyl (C=O) groups excluding carboxylic acids is 1. The third-order valence-electron chi connectivity index (χ3n) is 5.01. The summed E-state index contributed by atoms with van der Waals surface area (Å²) in [5.41, 5.74) is 2.32. The molecule has 0 saturated carbocycles. The topological polar surface area (TPSA) is 70.7 Å². The molecule has 0 amide bonds. The van der Waals surface area contributed by atoms with Crippen LogP contribution in [0.3, 0.4) is 0 Å². The first kappa shape index (κ1) is 17.2. The highest BCUT2D eigenvalue weighted by Crippen LogP contribution is 2.41. The van der Waals surface area contributed by atoms with E-state index in [4.69, 9.17) is 0 Å². The van der Waals surface area contributed by atoms with Crippen LogP contribution in [0, 0.1) is 6.92 Å². The van der Waals surface area contributed by atoms with Crippen molar-refractivity contribution in [3.8, 4) is 5.88 Å². The summed E-state index contributed by atoms with van der Waals surface area (Å²) in [4.78, 5) is 20.1. The van der Waals surface area contributed by atoms with Crippen LogP contribution in [0.5, 0.6) is 5.88 Å². The molecule has 0 aliphatic carbocycles. The lowest BCUT2D eigenvalue weighted by Crippen LogP contribution is -2.37. The molecule has 4 rings (SSSR count). The molecular weight excluding hydrogens is 348 g/mol. The highest BCUT2D eigenvalue weighted by molar-refractivity contribution is 7.17. The standard InChI is InChI=1S/C19H22N4O2S/c1-3-15-20-19-23(21-15)18(25)17(26-19)16(14-7-5-4-6-12(14)2)22-10-8-13(24)9-11-22/h4-7,16,25H,3,8-11H2,1-2H3. The number of fused-ring (bicyclic) bond motifs is 1. The molecule has 1 fully saturated rings. The fourth-order valence-corrected chi connectivity index (χ4v) is 4.67. The summed E-state index contributed by atoms with van der Waals surface area (Å²) in [6, 6.07) is 8.13. The Balaban J connectivity index is 1.82. The summed E-state index contributed by atoms with van der Waals surface area (Å²) < 4.78 is 1.54. The van der Waals surface area contributed by atoms with E-state index in [9.17, 15) is 9.90 Å². The fourth-order valence-electron chi connectivity index (χ4n) is 3.55. The molecule has 1 aliphatic rings. The van der Waals surface area contributed by atoms with E-state index in [2.05, 4.69) is 34.0 Å². The number of thiazole rings is 1. The van der Waals surface area contributed by atoms with Gasteiger partial charge in [0.2, 0.25) is 10.8 Å². The van der Waals surface area contributed by atoms with Crippen LogP contribution in [0.4, 0.5) is 0 Å². The number of hydrogen-bond donors (Lipinski definition) is 1. The van der Waals surface area contributed by atoms with Gasteiger partial charge in [0, 0.05) is 32.4 Å².